The number of cyclic esters (lactones) is 1. The molecule has 152 valence electrons. The number of Topliss-reactive ketones (excluding diaryl/α,β-unsaturated/α-hetero) is 1. The summed E-state index contributed by atoms with van der Waals surface area (Å²) in [5.41, 5.74) is -0.145. The van der Waals surface area contributed by atoms with E-state index in [0.717, 1.165) is 5.57 Å². The zero-order chi connectivity index (χ0) is 20.4. The van der Waals surface area contributed by atoms with Gasteiger partial charge in [-0.2, -0.15) is 0 Å². The molecule has 0 aromatic carbocycles. The molecule has 1 saturated carbocycles. The fourth-order valence-electron chi connectivity index (χ4n) is 5.89. The van der Waals surface area contributed by atoms with Gasteiger partial charge in [-0.3, -0.25) is 4.79 Å². The lowest BCUT2D eigenvalue weighted by Crippen LogP contribution is -2.53. The van der Waals surface area contributed by atoms with Crippen LogP contribution in [0.2, 0.25) is 0 Å². The largest absolute Gasteiger partial charge is 0.515 e. The molecule has 3 aliphatic carbocycles. The molecule has 0 spiro atoms. The van der Waals surface area contributed by atoms with Crippen molar-refractivity contribution >= 4 is 11.8 Å². The van der Waals surface area contributed by atoms with E-state index >= 15 is 0 Å². The minimum Gasteiger partial charge on any atom is -0.515 e. The molecular formula is C21H26O7. The molecule has 28 heavy (non-hydrogen) atoms. The van der Waals surface area contributed by atoms with E-state index in [2.05, 4.69) is 0 Å². The fraction of sp³-hybridized carbons (Fsp3) is 0.619. The number of rotatable bonds is 2. The monoisotopic (exact) mass is 390 g/mol. The van der Waals surface area contributed by atoms with Crippen molar-refractivity contribution in [1.29, 1.82) is 0 Å². The molecule has 0 aromatic rings. The van der Waals surface area contributed by atoms with Gasteiger partial charge in [-0.15, -0.1) is 0 Å². The van der Waals surface area contributed by atoms with Gasteiger partial charge < -0.3 is 24.8 Å². The predicted molar refractivity (Wildman–Crippen MR) is 98.3 cm³/mol. The van der Waals surface area contributed by atoms with Crippen LogP contribution in [0.15, 0.2) is 34.3 Å². The van der Waals surface area contributed by atoms with Crippen LogP contribution in [0.1, 0.15) is 39.5 Å². The highest BCUT2D eigenvalue weighted by Crippen LogP contribution is 2.62. The van der Waals surface area contributed by atoms with E-state index < -0.39 is 40.5 Å². The lowest BCUT2D eigenvalue weighted by molar-refractivity contribution is -0.156. The Labute approximate surface area is 163 Å². The van der Waals surface area contributed by atoms with Gasteiger partial charge in [0, 0.05) is 23.7 Å². The van der Waals surface area contributed by atoms with Crippen molar-refractivity contribution < 1.29 is 34.4 Å². The minimum atomic E-state index is -0.985. The lowest BCUT2D eigenvalue weighted by Gasteiger charge is -2.52. The number of hydrogen-bond donors (Lipinski definition) is 3. The van der Waals surface area contributed by atoms with Crippen LogP contribution in [0.25, 0.3) is 0 Å². The average molecular weight is 390 g/mol. The van der Waals surface area contributed by atoms with Crippen LogP contribution in [0.3, 0.4) is 0 Å². The van der Waals surface area contributed by atoms with Gasteiger partial charge in [0.25, 0.3) is 0 Å². The van der Waals surface area contributed by atoms with E-state index in [1.54, 1.807) is 0 Å². The van der Waals surface area contributed by atoms with Crippen LogP contribution >= 0.6 is 0 Å². The summed E-state index contributed by atoms with van der Waals surface area (Å²) in [6.07, 6.45) is 1.87. The van der Waals surface area contributed by atoms with E-state index in [0.29, 0.717) is 37.5 Å². The summed E-state index contributed by atoms with van der Waals surface area (Å²) in [6.45, 7) is 3.92. The Balaban J connectivity index is 1.96. The van der Waals surface area contributed by atoms with Crippen molar-refractivity contribution in [3.8, 4) is 0 Å². The zero-order valence-corrected chi connectivity index (χ0v) is 16.3. The fourth-order valence-corrected chi connectivity index (χ4v) is 5.89. The minimum absolute atomic E-state index is 0.0905. The van der Waals surface area contributed by atoms with Crippen LogP contribution < -0.4 is 0 Å². The maximum atomic E-state index is 13.2. The van der Waals surface area contributed by atoms with Gasteiger partial charge in [0.05, 0.1) is 24.4 Å². The molecule has 4 rings (SSSR count). The number of fused-ring (bicyclic) bond motifs is 4. The number of carbonyl (C=O) groups excluding carboxylic acids is 2. The predicted octanol–water partition coefficient (Wildman–Crippen LogP) is 2.27. The molecule has 0 radical (unpaired) electrons. The molecule has 3 N–H and O–H groups in total. The number of aliphatic hydroxyl groups excluding tert-OH is 3. The number of allylic oxidation sites excluding steroid dienone is 1. The summed E-state index contributed by atoms with van der Waals surface area (Å²) in [4.78, 5) is 25.6. The maximum absolute atomic E-state index is 13.2. The summed E-state index contributed by atoms with van der Waals surface area (Å²) in [6, 6.07) is 0. The first-order valence-corrected chi connectivity index (χ1v) is 9.66. The number of carbonyl (C=O) groups is 2. The molecule has 0 bridgehead atoms. The number of methoxy groups -OCH3 is 1. The van der Waals surface area contributed by atoms with Crippen molar-refractivity contribution in [2.75, 3.05) is 13.7 Å². The highest BCUT2D eigenvalue weighted by Gasteiger charge is 2.61. The highest BCUT2D eigenvalue weighted by atomic mass is 16.6. The van der Waals surface area contributed by atoms with Gasteiger partial charge in [-0.05, 0) is 44.1 Å². The smallest absolute Gasteiger partial charge is 0.342 e. The lowest BCUT2D eigenvalue weighted by atomic mass is 9.54. The number of ether oxygens (including phenoxy) is 2. The molecule has 0 aromatic heterocycles. The van der Waals surface area contributed by atoms with Gasteiger partial charge >= 0.3 is 5.97 Å². The first-order valence-electron chi connectivity index (χ1n) is 9.66. The third-order valence-electron chi connectivity index (χ3n) is 7.55. The molecule has 5 atom stereocenters. The second kappa shape index (κ2) is 6.19. The van der Waals surface area contributed by atoms with Crippen molar-refractivity contribution in [2.45, 2.75) is 51.7 Å². The van der Waals surface area contributed by atoms with E-state index in [1.165, 1.54) is 7.11 Å². The van der Waals surface area contributed by atoms with Crippen LogP contribution in [0, 0.1) is 16.7 Å². The third-order valence-corrected chi connectivity index (χ3v) is 7.55. The molecule has 1 saturated heterocycles. The van der Waals surface area contributed by atoms with Crippen LogP contribution in [0.5, 0.6) is 0 Å². The van der Waals surface area contributed by atoms with Crippen molar-refractivity contribution in [3.05, 3.63) is 34.3 Å². The Bertz CT molecular complexity index is 851. The van der Waals surface area contributed by atoms with Gasteiger partial charge in [0.1, 0.15) is 11.7 Å². The number of esters is 1. The Morgan fingerprint density at radius 1 is 1.29 bits per heavy atom. The number of hydrogen-bond acceptors (Lipinski definition) is 7. The molecule has 2 fully saturated rings. The molecule has 7 heteroatoms. The second-order valence-electron chi connectivity index (χ2n) is 8.69. The second-order valence-corrected chi connectivity index (χ2v) is 8.69. The van der Waals surface area contributed by atoms with Gasteiger partial charge in [-0.1, -0.05) is 6.92 Å². The molecule has 4 aliphatic rings. The Kier molecular flexibility index (Phi) is 4.25. The van der Waals surface area contributed by atoms with Crippen LogP contribution in [-0.4, -0.2) is 53.0 Å². The molecule has 7 nitrogen and oxygen atoms in total. The van der Waals surface area contributed by atoms with Crippen LogP contribution in [-0.2, 0) is 19.1 Å². The maximum Gasteiger partial charge on any atom is 0.342 e. The Morgan fingerprint density at radius 2 is 2.00 bits per heavy atom. The SMILES string of the molecule is COC[C@H]1OC(=O)/C(=C\O)C2=C(O)C(=O)C3=C(CC[C@]4(C)[C@@H](O)CC[C@@H]34)[C@]21C. The van der Waals surface area contributed by atoms with Crippen molar-refractivity contribution in [3.63, 3.8) is 0 Å². The highest BCUT2D eigenvalue weighted by molar-refractivity contribution is 6.12. The summed E-state index contributed by atoms with van der Waals surface area (Å²) in [5.74, 6) is -2.00. The van der Waals surface area contributed by atoms with Gasteiger partial charge in [-0.25, -0.2) is 4.79 Å². The van der Waals surface area contributed by atoms with E-state index in [-0.39, 0.29) is 23.7 Å². The van der Waals surface area contributed by atoms with Gasteiger partial charge in [0.15, 0.2) is 5.76 Å². The first kappa shape index (κ1) is 19.2. The van der Waals surface area contributed by atoms with E-state index in [9.17, 15) is 24.9 Å². The number of aliphatic hydroxyl groups is 3. The molecule has 1 aliphatic heterocycles. The standard InChI is InChI=1S/C21H26O7/c1-20-7-6-12-15(11(20)4-5-13(20)23)17(24)18(25)16-10(8-22)19(26)28-14(9-27-3)21(12,16)2/h8,11,13-14,22-23,25H,4-7,9H2,1-3H3/b10-8-/t11-,13-,14+,20-,21-/m0/s1. The number of ketones is 1. The topological polar surface area (TPSA) is 113 Å². The molecular weight excluding hydrogens is 364 g/mol. The first-order chi connectivity index (χ1) is 13.2. The summed E-state index contributed by atoms with van der Waals surface area (Å²) in [5, 5.41) is 31.1. The van der Waals surface area contributed by atoms with Crippen molar-refractivity contribution in [2.24, 2.45) is 16.7 Å². The summed E-state index contributed by atoms with van der Waals surface area (Å²) in [7, 11) is 1.49. The third kappa shape index (κ3) is 2.17. The quantitative estimate of drug-likeness (QED) is 0.376. The summed E-state index contributed by atoms with van der Waals surface area (Å²) < 4.78 is 10.8. The summed E-state index contributed by atoms with van der Waals surface area (Å²) >= 11 is 0. The van der Waals surface area contributed by atoms with Crippen LogP contribution in [0.4, 0.5) is 0 Å². The average Bonchev–Trinajstić information content (AvgIpc) is 2.96. The van der Waals surface area contributed by atoms with E-state index in [4.69, 9.17) is 9.47 Å². The normalized spacial score (nSPS) is 41.7. The molecule has 0 amide bonds. The Morgan fingerprint density at radius 3 is 2.64 bits per heavy atom. The van der Waals surface area contributed by atoms with Gasteiger partial charge in [0.2, 0.25) is 5.78 Å². The van der Waals surface area contributed by atoms with Crippen molar-refractivity contribution in [1.82, 2.24) is 0 Å². The molecule has 1 heterocycles. The molecule has 0 unspecified atom stereocenters. The Hall–Kier alpha value is -2.12. The zero-order valence-electron chi connectivity index (χ0n) is 16.3. The van der Waals surface area contributed by atoms with E-state index in [1.807, 2.05) is 13.8 Å².